The maximum Gasteiger partial charge on any atom is 0.227 e. The molecule has 0 unspecified atom stereocenters. The van der Waals surface area contributed by atoms with Crippen LogP contribution in [-0.2, 0) is 4.79 Å². The Labute approximate surface area is 131 Å². The van der Waals surface area contributed by atoms with Gasteiger partial charge < -0.3 is 15.8 Å². The average molecular weight is 298 g/mol. The fourth-order valence-electron chi connectivity index (χ4n) is 2.01. The van der Waals surface area contributed by atoms with Crippen molar-refractivity contribution in [3.8, 4) is 5.75 Å². The van der Waals surface area contributed by atoms with Gasteiger partial charge in [0.1, 0.15) is 5.75 Å². The van der Waals surface area contributed by atoms with Crippen LogP contribution in [0, 0.1) is 0 Å². The third kappa shape index (κ3) is 4.81. The summed E-state index contributed by atoms with van der Waals surface area (Å²) in [4.78, 5) is 11.8. The number of hydrogen-bond acceptors (Lipinski definition) is 3. The number of nitrogen functional groups attached to an aromatic ring is 1. The minimum absolute atomic E-state index is 0.0789. The normalized spacial score (nSPS) is 10.5. The van der Waals surface area contributed by atoms with E-state index in [0.717, 1.165) is 11.4 Å². The van der Waals surface area contributed by atoms with Crippen LogP contribution >= 0.6 is 0 Å². The zero-order valence-electron chi connectivity index (χ0n) is 13.0. The zero-order valence-corrected chi connectivity index (χ0v) is 13.0. The summed E-state index contributed by atoms with van der Waals surface area (Å²) < 4.78 is 5.64. The van der Waals surface area contributed by atoms with E-state index >= 15 is 0 Å². The van der Waals surface area contributed by atoms with Gasteiger partial charge in [-0.15, -0.1) is 0 Å². The van der Waals surface area contributed by atoms with Crippen LogP contribution in [0.1, 0.15) is 31.7 Å². The topological polar surface area (TPSA) is 64.3 Å². The quantitative estimate of drug-likeness (QED) is 0.797. The van der Waals surface area contributed by atoms with Crippen molar-refractivity contribution in [2.75, 3.05) is 17.7 Å². The molecule has 116 valence electrons. The van der Waals surface area contributed by atoms with Crippen LogP contribution in [-0.4, -0.2) is 12.5 Å². The molecule has 0 radical (unpaired) electrons. The second-order valence-corrected chi connectivity index (χ2v) is 5.50. The van der Waals surface area contributed by atoms with E-state index in [-0.39, 0.29) is 5.91 Å². The fourth-order valence-corrected chi connectivity index (χ4v) is 2.01. The summed E-state index contributed by atoms with van der Waals surface area (Å²) in [5, 5.41) is 2.81. The van der Waals surface area contributed by atoms with Crippen molar-refractivity contribution >= 4 is 17.3 Å². The predicted octanol–water partition coefficient (Wildman–Crippen LogP) is 3.80. The molecule has 0 aromatic heterocycles. The van der Waals surface area contributed by atoms with Crippen molar-refractivity contribution in [1.29, 1.82) is 0 Å². The van der Waals surface area contributed by atoms with E-state index in [2.05, 4.69) is 25.2 Å². The summed E-state index contributed by atoms with van der Waals surface area (Å²) in [7, 11) is 0. The lowest BCUT2D eigenvalue weighted by Crippen LogP contribution is -2.15. The molecule has 0 fully saturated rings. The number of carbonyl (C=O) groups excluding carboxylic acids is 1. The molecular formula is C18H22N2O2. The van der Waals surface area contributed by atoms with E-state index in [1.54, 1.807) is 24.3 Å². The van der Waals surface area contributed by atoms with E-state index in [1.807, 2.05) is 18.2 Å². The highest BCUT2D eigenvalue weighted by molar-refractivity contribution is 5.90. The number of nitrogens with one attached hydrogen (secondary N) is 1. The van der Waals surface area contributed by atoms with Crippen LogP contribution in [0.3, 0.4) is 0 Å². The Kier molecular flexibility index (Phi) is 5.42. The molecular weight excluding hydrogens is 276 g/mol. The van der Waals surface area contributed by atoms with Crippen LogP contribution in [0.4, 0.5) is 11.4 Å². The Morgan fingerprint density at radius 2 is 1.91 bits per heavy atom. The van der Waals surface area contributed by atoms with Gasteiger partial charge >= 0.3 is 0 Å². The molecule has 0 saturated heterocycles. The number of benzene rings is 2. The molecule has 4 nitrogen and oxygen atoms in total. The number of nitrogens with two attached hydrogens (primary N) is 1. The van der Waals surface area contributed by atoms with Crippen LogP contribution in [0.5, 0.6) is 5.75 Å². The van der Waals surface area contributed by atoms with E-state index < -0.39 is 0 Å². The average Bonchev–Trinajstić information content (AvgIpc) is 2.50. The summed E-state index contributed by atoms with van der Waals surface area (Å²) >= 11 is 0. The van der Waals surface area contributed by atoms with E-state index in [1.165, 1.54) is 5.56 Å². The van der Waals surface area contributed by atoms with Crippen LogP contribution in [0.25, 0.3) is 0 Å². The maximum absolute atomic E-state index is 11.8. The molecule has 4 heteroatoms. The highest BCUT2D eigenvalue weighted by Gasteiger charge is 2.04. The summed E-state index contributed by atoms with van der Waals surface area (Å²) in [5.74, 6) is 1.17. The molecule has 2 aromatic carbocycles. The maximum atomic E-state index is 11.8. The van der Waals surface area contributed by atoms with Crippen molar-refractivity contribution in [3.63, 3.8) is 0 Å². The molecule has 0 aliphatic rings. The van der Waals surface area contributed by atoms with Crippen molar-refractivity contribution in [3.05, 3.63) is 54.1 Å². The Hall–Kier alpha value is -2.49. The van der Waals surface area contributed by atoms with Gasteiger partial charge in [-0.1, -0.05) is 26.0 Å². The molecule has 0 atom stereocenters. The van der Waals surface area contributed by atoms with Gasteiger partial charge in [0.15, 0.2) is 0 Å². The molecule has 2 rings (SSSR count). The molecule has 3 N–H and O–H groups in total. The first kappa shape index (κ1) is 15.9. The van der Waals surface area contributed by atoms with Crippen molar-refractivity contribution < 1.29 is 9.53 Å². The molecule has 0 heterocycles. The number of amides is 1. The summed E-state index contributed by atoms with van der Waals surface area (Å²) in [5.41, 5.74) is 8.24. The van der Waals surface area contributed by atoms with Gasteiger partial charge in [0.25, 0.3) is 0 Å². The third-order valence-electron chi connectivity index (χ3n) is 3.32. The monoisotopic (exact) mass is 298 g/mol. The SMILES string of the molecule is CC(C)c1cccc(OCCC(=O)Nc2ccc(N)cc2)c1. The number of anilines is 2. The lowest BCUT2D eigenvalue weighted by molar-refractivity contribution is -0.116. The molecule has 2 aromatic rings. The molecule has 22 heavy (non-hydrogen) atoms. The predicted molar refractivity (Wildman–Crippen MR) is 90.1 cm³/mol. The number of ether oxygens (including phenoxy) is 1. The summed E-state index contributed by atoms with van der Waals surface area (Å²) in [6.45, 7) is 4.63. The Balaban J connectivity index is 1.79. The zero-order chi connectivity index (χ0) is 15.9. The van der Waals surface area contributed by atoms with E-state index in [0.29, 0.717) is 24.6 Å². The van der Waals surface area contributed by atoms with Gasteiger partial charge in [-0.3, -0.25) is 4.79 Å². The number of hydrogen-bond donors (Lipinski definition) is 2. The molecule has 0 aliphatic carbocycles. The Morgan fingerprint density at radius 3 is 2.59 bits per heavy atom. The fraction of sp³-hybridized carbons (Fsp3) is 0.278. The summed E-state index contributed by atoms with van der Waals surface area (Å²) in [6, 6.07) is 15.0. The molecule has 0 saturated carbocycles. The molecule has 0 spiro atoms. The first-order valence-corrected chi connectivity index (χ1v) is 7.43. The highest BCUT2D eigenvalue weighted by Crippen LogP contribution is 2.20. The molecule has 0 bridgehead atoms. The van der Waals surface area contributed by atoms with Crippen molar-refractivity contribution in [2.24, 2.45) is 0 Å². The van der Waals surface area contributed by atoms with E-state index in [4.69, 9.17) is 10.5 Å². The lowest BCUT2D eigenvalue weighted by atomic mass is 10.0. The standard InChI is InChI=1S/C18H22N2O2/c1-13(2)14-4-3-5-17(12-14)22-11-10-18(21)20-16-8-6-15(19)7-9-16/h3-9,12-13H,10-11,19H2,1-2H3,(H,20,21). The van der Waals surface area contributed by atoms with Crippen molar-refractivity contribution in [1.82, 2.24) is 0 Å². The van der Waals surface area contributed by atoms with Crippen LogP contribution < -0.4 is 15.8 Å². The van der Waals surface area contributed by atoms with Gasteiger partial charge in [-0.2, -0.15) is 0 Å². The van der Waals surface area contributed by atoms with Crippen LogP contribution in [0.2, 0.25) is 0 Å². The number of carbonyl (C=O) groups is 1. The number of rotatable bonds is 6. The Bertz CT molecular complexity index is 621. The first-order chi connectivity index (χ1) is 10.5. The second-order valence-electron chi connectivity index (χ2n) is 5.50. The van der Waals surface area contributed by atoms with E-state index in [9.17, 15) is 4.79 Å². The Morgan fingerprint density at radius 1 is 1.18 bits per heavy atom. The summed E-state index contributed by atoms with van der Waals surface area (Å²) in [6.07, 6.45) is 0.302. The first-order valence-electron chi connectivity index (χ1n) is 7.43. The van der Waals surface area contributed by atoms with Crippen molar-refractivity contribution in [2.45, 2.75) is 26.2 Å². The third-order valence-corrected chi connectivity index (χ3v) is 3.32. The van der Waals surface area contributed by atoms with Gasteiger partial charge in [0.2, 0.25) is 5.91 Å². The van der Waals surface area contributed by atoms with Crippen LogP contribution in [0.15, 0.2) is 48.5 Å². The minimum atomic E-state index is -0.0789. The largest absolute Gasteiger partial charge is 0.493 e. The lowest BCUT2D eigenvalue weighted by Gasteiger charge is -2.10. The minimum Gasteiger partial charge on any atom is -0.493 e. The van der Waals surface area contributed by atoms with Gasteiger partial charge in [0, 0.05) is 11.4 Å². The molecule has 0 aliphatic heterocycles. The second kappa shape index (κ2) is 7.50. The van der Waals surface area contributed by atoms with Gasteiger partial charge in [-0.05, 0) is 47.9 Å². The molecule has 1 amide bonds. The van der Waals surface area contributed by atoms with Gasteiger partial charge in [0.05, 0.1) is 13.0 Å². The highest BCUT2D eigenvalue weighted by atomic mass is 16.5. The smallest absolute Gasteiger partial charge is 0.227 e. The van der Waals surface area contributed by atoms with Gasteiger partial charge in [-0.25, -0.2) is 0 Å².